The van der Waals surface area contributed by atoms with Crippen LogP contribution in [0.3, 0.4) is 0 Å². The van der Waals surface area contributed by atoms with Crippen molar-refractivity contribution in [3.63, 3.8) is 0 Å². The molecule has 7 nitrogen and oxygen atoms in total. The summed E-state index contributed by atoms with van der Waals surface area (Å²) in [5.41, 5.74) is 2.08. The van der Waals surface area contributed by atoms with Gasteiger partial charge in [-0.05, 0) is 38.8 Å². The number of guanidine groups is 1. The number of ether oxygens (including phenoxy) is 1. The first-order valence-electron chi connectivity index (χ1n) is 10.8. The van der Waals surface area contributed by atoms with E-state index in [2.05, 4.69) is 47.7 Å². The largest absolute Gasteiger partial charge is 0.373 e. The third-order valence-corrected chi connectivity index (χ3v) is 5.36. The van der Waals surface area contributed by atoms with E-state index in [9.17, 15) is 4.79 Å². The first kappa shape index (κ1) is 21.6. The minimum absolute atomic E-state index is 0.0656. The van der Waals surface area contributed by atoms with Crippen molar-refractivity contribution in [1.29, 1.82) is 0 Å². The number of amides is 1. The van der Waals surface area contributed by atoms with Gasteiger partial charge in [0.25, 0.3) is 0 Å². The highest BCUT2D eigenvalue weighted by Crippen LogP contribution is 2.31. The molecule has 3 rings (SSSR count). The molecule has 7 heteroatoms. The zero-order valence-electron chi connectivity index (χ0n) is 17.9. The van der Waals surface area contributed by atoms with E-state index in [1.165, 1.54) is 5.56 Å². The molecule has 1 fully saturated rings. The van der Waals surface area contributed by atoms with Crippen molar-refractivity contribution in [2.24, 2.45) is 4.99 Å². The minimum Gasteiger partial charge on any atom is -0.373 e. The van der Waals surface area contributed by atoms with Crippen LogP contribution in [0.1, 0.15) is 45.1 Å². The van der Waals surface area contributed by atoms with Crippen molar-refractivity contribution in [2.75, 3.05) is 44.6 Å². The van der Waals surface area contributed by atoms with Crippen LogP contribution >= 0.6 is 0 Å². The summed E-state index contributed by atoms with van der Waals surface area (Å²) in [6.45, 7) is 11.7. The average molecular weight is 402 g/mol. The summed E-state index contributed by atoms with van der Waals surface area (Å²) in [6.07, 6.45) is 2.15. The zero-order valence-corrected chi connectivity index (χ0v) is 17.9. The molecule has 0 aliphatic carbocycles. The number of hydrogen-bond donors (Lipinski definition) is 3. The van der Waals surface area contributed by atoms with Gasteiger partial charge in [0.15, 0.2) is 5.96 Å². The van der Waals surface area contributed by atoms with Crippen LogP contribution in [0.25, 0.3) is 0 Å². The molecule has 160 valence electrons. The van der Waals surface area contributed by atoms with E-state index >= 15 is 0 Å². The van der Waals surface area contributed by atoms with Crippen molar-refractivity contribution in [1.82, 2.24) is 15.5 Å². The summed E-state index contributed by atoms with van der Waals surface area (Å²) in [7, 11) is 0. The maximum Gasteiger partial charge on any atom is 0.225 e. The fraction of sp³-hybridized carbons (Fsp3) is 0.636. The number of morpholine rings is 1. The molecule has 2 heterocycles. The number of nitrogens with one attached hydrogen (secondary N) is 3. The van der Waals surface area contributed by atoms with Crippen LogP contribution in [0.15, 0.2) is 29.3 Å². The van der Waals surface area contributed by atoms with Crippen molar-refractivity contribution in [3.8, 4) is 0 Å². The van der Waals surface area contributed by atoms with Gasteiger partial charge in [-0.15, -0.1) is 0 Å². The Kier molecular flexibility index (Phi) is 7.89. The average Bonchev–Trinajstić information content (AvgIpc) is 2.68. The SMILES string of the molecule is CCNC(=NCC1CC(=O)Nc2ccccc21)NCCCN1CC(C)OC(C)C1. The van der Waals surface area contributed by atoms with E-state index < -0.39 is 0 Å². The van der Waals surface area contributed by atoms with E-state index in [0.29, 0.717) is 25.2 Å². The lowest BCUT2D eigenvalue weighted by Crippen LogP contribution is -2.46. The van der Waals surface area contributed by atoms with Crippen LogP contribution in [0, 0.1) is 0 Å². The summed E-state index contributed by atoms with van der Waals surface area (Å²) >= 11 is 0. The number of fused-ring (bicyclic) bond motifs is 1. The number of aliphatic imine (C=N–C) groups is 1. The molecule has 0 aromatic heterocycles. The van der Waals surface area contributed by atoms with E-state index in [0.717, 1.165) is 50.8 Å². The number of anilines is 1. The van der Waals surface area contributed by atoms with Crippen molar-refractivity contribution in [2.45, 2.75) is 51.7 Å². The maximum absolute atomic E-state index is 12.0. The number of hydrogen-bond acceptors (Lipinski definition) is 4. The van der Waals surface area contributed by atoms with Crippen molar-refractivity contribution < 1.29 is 9.53 Å². The van der Waals surface area contributed by atoms with Gasteiger partial charge in [0, 0.05) is 50.7 Å². The molecule has 0 saturated carbocycles. The highest BCUT2D eigenvalue weighted by molar-refractivity contribution is 5.94. The second-order valence-corrected chi connectivity index (χ2v) is 8.05. The topological polar surface area (TPSA) is 78.0 Å². The molecular weight excluding hydrogens is 366 g/mol. The molecule has 1 aromatic carbocycles. The number of carbonyl (C=O) groups is 1. The second-order valence-electron chi connectivity index (χ2n) is 8.05. The summed E-state index contributed by atoms with van der Waals surface area (Å²) in [5.74, 6) is 1.00. The molecule has 3 unspecified atom stereocenters. The van der Waals surface area contributed by atoms with E-state index in [4.69, 9.17) is 9.73 Å². The smallest absolute Gasteiger partial charge is 0.225 e. The van der Waals surface area contributed by atoms with Gasteiger partial charge in [0.05, 0.1) is 18.8 Å². The monoisotopic (exact) mass is 401 g/mol. The van der Waals surface area contributed by atoms with Gasteiger partial charge in [-0.1, -0.05) is 18.2 Å². The van der Waals surface area contributed by atoms with Crippen LogP contribution in [0.2, 0.25) is 0 Å². The van der Waals surface area contributed by atoms with Gasteiger partial charge < -0.3 is 20.7 Å². The molecule has 2 aliphatic heterocycles. The molecule has 1 aromatic rings. The Morgan fingerprint density at radius 1 is 1.24 bits per heavy atom. The Hall–Kier alpha value is -2.12. The highest BCUT2D eigenvalue weighted by atomic mass is 16.5. The van der Waals surface area contributed by atoms with Crippen LogP contribution in [0.4, 0.5) is 5.69 Å². The first-order valence-corrected chi connectivity index (χ1v) is 10.8. The number of nitrogens with zero attached hydrogens (tertiary/aromatic N) is 2. The molecular formula is C22H35N5O2. The number of rotatable bonds is 7. The number of para-hydroxylation sites is 1. The fourth-order valence-electron chi connectivity index (χ4n) is 4.18. The molecule has 1 amide bonds. The standard InChI is InChI=1S/C22H35N5O2/c1-4-23-22(24-10-7-11-27-14-16(2)29-17(3)15-27)25-13-18-12-21(28)26-20-9-6-5-8-19(18)20/h5-6,8-9,16-18H,4,7,10-15H2,1-3H3,(H,26,28)(H2,23,24,25). The first-order chi connectivity index (χ1) is 14.0. The quantitative estimate of drug-likeness (QED) is 0.371. The lowest BCUT2D eigenvalue weighted by molar-refractivity contribution is -0.116. The summed E-state index contributed by atoms with van der Waals surface area (Å²) in [5, 5.41) is 9.70. The lowest BCUT2D eigenvalue weighted by atomic mass is 9.91. The number of benzene rings is 1. The van der Waals surface area contributed by atoms with Gasteiger partial charge in [-0.25, -0.2) is 0 Å². The normalized spacial score (nSPS) is 25.3. The van der Waals surface area contributed by atoms with Crippen LogP contribution in [0.5, 0.6) is 0 Å². The molecule has 0 radical (unpaired) electrons. The van der Waals surface area contributed by atoms with Gasteiger partial charge in [0.1, 0.15) is 0 Å². The summed E-state index contributed by atoms with van der Waals surface area (Å²) < 4.78 is 5.80. The Morgan fingerprint density at radius 3 is 2.76 bits per heavy atom. The molecule has 1 saturated heterocycles. The predicted octanol–water partition coefficient (Wildman–Crippen LogP) is 2.17. The van der Waals surface area contributed by atoms with Gasteiger partial charge in [-0.3, -0.25) is 14.7 Å². The van der Waals surface area contributed by atoms with E-state index in [-0.39, 0.29) is 11.8 Å². The van der Waals surface area contributed by atoms with Crippen LogP contribution in [-0.2, 0) is 9.53 Å². The minimum atomic E-state index is 0.0656. The highest BCUT2D eigenvalue weighted by Gasteiger charge is 2.24. The third kappa shape index (κ3) is 6.44. The molecule has 0 spiro atoms. The van der Waals surface area contributed by atoms with Gasteiger partial charge >= 0.3 is 0 Å². The maximum atomic E-state index is 12.0. The summed E-state index contributed by atoms with van der Waals surface area (Å²) in [4.78, 5) is 19.2. The Balaban J connectivity index is 1.49. The lowest BCUT2D eigenvalue weighted by Gasteiger charge is -2.35. The second kappa shape index (κ2) is 10.6. The number of carbonyl (C=O) groups excluding carboxylic acids is 1. The van der Waals surface area contributed by atoms with E-state index in [1.807, 2.05) is 18.2 Å². The zero-order chi connectivity index (χ0) is 20.6. The molecule has 3 atom stereocenters. The molecule has 3 N–H and O–H groups in total. The molecule has 29 heavy (non-hydrogen) atoms. The van der Waals surface area contributed by atoms with E-state index in [1.54, 1.807) is 0 Å². The Labute approximate surface area is 174 Å². The summed E-state index contributed by atoms with van der Waals surface area (Å²) in [6, 6.07) is 8.01. The Morgan fingerprint density at radius 2 is 2.00 bits per heavy atom. The van der Waals surface area contributed by atoms with Crippen LogP contribution < -0.4 is 16.0 Å². The van der Waals surface area contributed by atoms with Gasteiger partial charge in [0.2, 0.25) is 5.91 Å². The Bertz CT molecular complexity index is 698. The molecule has 2 aliphatic rings. The third-order valence-electron chi connectivity index (χ3n) is 5.36. The molecule has 0 bridgehead atoms. The van der Waals surface area contributed by atoms with Crippen molar-refractivity contribution >= 4 is 17.6 Å². The predicted molar refractivity (Wildman–Crippen MR) is 117 cm³/mol. The van der Waals surface area contributed by atoms with Crippen LogP contribution in [-0.4, -0.2) is 68.2 Å². The van der Waals surface area contributed by atoms with Crippen molar-refractivity contribution in [3.05, 3.63) is 29.8 Å². The fourth-order valence-corrected chi connectivity index (χ4v) is 4.18. The van der Waals surface area contributed by atoms with Gasteiger partial charge in [-0.2, -0.15) is 0 Å².